The maximum absolute atomic E-state index is 12.4. The van der Waals surface area contributed by atoms with E-state index in [1.807, 2.05) is 47.0 Å². The van der Waals surface area contributed by atoms with Crippen molar-refractivity contribution in [2.75, 3.05) is 13.1 Å². The third-order valence-corrected chi connectivity index (χ3v) is 4.89. The summed E-state index contributed by atoms with van der Waals surface area (Å²) >= 11 is 1.92. The van der Waals surface area contributed by atoms with Crippen LogP contribution in [0.25, 0.3) is 0 Å². The normalized spacial score (nSPS) is 26.1. The number of carbonyl (C=O) groups is 1. The van der Waals surface area contributed by atoms with E-state index in [4.69, 9.17) is 0 Å². The van der Waals surface area contributed by atoms with Gasteiger partial charge in [-0.3, -0.25) is 4.79 Å². The Hall–Kier alpha value is -1.00. The van der Waals surface area contributed by atoms with Gasteiger partial charge in [0, 0.05) is 23.6 Å². The van der Waals surface area contributed by atoms with Gasteiger partial charge in [0.25, 0.3) is 0 Å². The predicted molar refractivity (Wildman–Crippen MR) is 83.7 cm³/mol. The van der Waals surface area contributed by atoms with Gasteiger partial charge >= 0.3 is 0 Å². The maximum Gasteiger partial charge on any atom is 0.225 e. The first-order valence-corrected chi connectivity index (χ1v) is 8.04. The highest BCUT2D eigenvalue weighted by molar-refractivity contribution is 8.00. The number of hydrogen-bond acceptors (Lipinski definition) is 3. The Morgan fingerprint density at radius 1 is 1.30 bits per heavy atom. The number of carbonyl (C=O) groups excluding carboxylic acids is 1. The van der Waals surface area contributed by atoms with Crippen LogP contribution in [0.5, 0.6) is 0 Å². The Morgan fingerprint density at radius 2 is 1.85 bits per heavy atom. The summed E-state index contributed by atoms with van der Waals surface area (Å²) < 4.78 is 0. The molecule has 1 aromatic carbocycles. The first-order chi connectivity index (χ1) is 9.38. The number of thioether (sulfide) groups is 1. The van der Waals surface area contributed by atoms with Gasteiger partial charge in [-0.15, -0.1) is 0 Å². The van der Waals surface area contributed by atoms with Crippen molar-refractivity contribution in [3.8, 4) is 0 Å². The molecule has 1 aliphatic rings. The van der Waals surface area contributed by atoms with Crippen LogP contribution in [0.1, 0.15) is 32.8 Å². The van der Waals surface area contributed by atoms with Crippen molar-refractivity contribution in [1.29, 1.82) is 0 Å². The molecular formula is C16H23NO2S. The smallest absolute Gasteiger partial charge is 0.225 e. The Bertz CT molecular complexity index is 451. The number of amides is 1. The summed E-state index contributed by atoms with van der Waals surface area (Å²) in [5.74, 6) is 0.0397. The van der Waals surface area contributed by atoms with Gasteiger partial charge in [-0.25, -0.2) is 0 Å². The van der Waals surface area contributed by atoms with Gasteiger partial charge in [0.15, 0.2) is 0 Å². The van der Waals surface area contributed by atoms with Crippen molar-refractivity contribution in [2.45, 2.75) is 43.3 Å². The zero-order chi connectivity index (χ0) is 14.8. The second kappa shape index (κ2) is 6.19. The zero-order valence-electron chi connectivity index (χ0n) is 12.4. The molecule has 110 valence electrons. The summed E-state index contributed by atoms with van der Waals surface area (Å²) in [5, 5.41) is 11.5. The van der Waals surface area contributed by atoms with Crippen LogP contribution in [0.2, 0.25) is 0 Å². The molecule has 0 unspecified atom stereocenters. The molecule has 3 atom stereocenters. The minimum Gasteiger partial charge on any atom is -0.385 e. The highest BCUT2D eigenvalue weighted by atomic mass is 32.2. The third kappa shape index (κ3) is 3.76. The van der Waals surface area contributed by atoms with E-state index in [1.165, 1.54) is 0 Å². The van der Waals surface area contributed by atoms with Crippen molar-refractivity contribution < 1.29 is 9.90 Å². The topological polar surface area (TPSA) is 40.5 Å². The summed E-state index contributed by atoms with van der Waals surface area (Å²) in [6, 6.07) is 9.41. The van der Waals surface area contributed by atoms with Gasteiger partial charge in [-0.05, 0) is 12.5 Å². The van der Waals surface area contributed by atoms with Gasteiger partial charge in [0.05, 0.1) is 12.0 Å². The Kier molecular flexibility index (Phi) is 4.76. The lowest BCUT2D eigenvalue weighted by Gasteiger charge is -2.36. The Morgan fingerprint density at radius 3 is 2.40 bits per heavy atom. The monoisotopic (exact) mass is 293 g/mol. The second-order valence-corrected chi connectivity index (χ2v) is 7.75. The summed E-state index contributed by atoms with van der Waals surface area (Å²) in [6.45, 7) is 7.56. The molecule has 1 saturated heterocycles. The van der Waals surface area contributed by atoms with Crippen molar-refractivity contribution >= 4 is 17.7 Å². The SMILES string of the molecule is C[C@@H]1CN(C(=O)C[C@@](C)(O)c2ccccc2)C[C@@H](C)S1. The molecule has 0 aromatic heterocycles. The van der Waals surface area contributed by atoms with Crippen molar-refractivity contribution in [1.82, 2.24) is 4.90 Å². The molecule has 1 aromatic rings. The average Bonchev–Trinajstić information content (AvgIpc) is 2.38. The summed E-state index contributed by atoms with van der Waals surface area (Å²) in [5.41, 5.74) is -0.309. The van der Waals surface area contributed by atoms with Crippen LogP contribution in [-0.4, -0.2) is 39.5 Å². The highest BCUT2D eigenvalue weighted by Gasteiger charge is 2.32. The van der Waals surface area contributed by atoms with Crippen molar-refractivity contribution in [3.05, 3.63) is 35.9 Å². The van der Waals surface area contributed by atoms with E-state index in [0.717, 1.165) is 18.7 Å². The molecule has 0 aliphatic carbocycles. The lowest BCUT2D eigenvalue weighted by Crippen LogP contribution is -2.46. The van der Waals surface area contributed by atoms with E-state index >= 15 is 0 Å². The fraction of sp³-hybridized carbons (Fsp3) is 0.562. The second-order valence-electron chi connectivity index (χ2n) is 5.87. The van der Waals surface area contributed by atoms with Crippen LogP contribution in [-0.2, 0) is 10.4 Å². The predicted octanol–water partition coefficient (Wildman–Crippen LogP) is 2.64. The lowest BCUT2D eigenvalue weighted by molar-refractivity contribution is -0.136. The van der Waals surface area contributed by atoms with E-state index in [0.29, 0.717) is 10.5 Å². The number of hydrogen-bond donors (Lipinski definition) is 1. The fourth-order valence-electron chi connectivity index (χ4n) is 2.69. The molecule has 1 fully saturated rings. The van der Waals surface area contributed by atoms with Crippen LogP contribution in [0, 0.1) is 0 Å². The number of rotatable bonds is 3. The molecule has 0 bridgehead atoms. The molecule has 0 saturated carbocycles. The third-order valence-electron chi connectivity index (χ3n) is 3.66. The molecule has 20 heavy (non-hydrogen) atoms. The van der Waals surface area contributed by atoms with E-state index in [-0.39, 0.29) is 12.3 Å². The van der Waals surface area contributed by atoms with Crippen LogP contribution in [0.4, 0.5) is 0 Å². The van der Waals surface area contributed by atoms with E-state index < -0.39 is 5.60 Å². The Balaban J connectivity index is 2.03. The van der Waals surface area contributed by atoms with Crippen LogP contribution in [0.3, 0.4) is 0 Å². The average molecular weight is 293 g/mol. The van der Waals surface area contributed by atoms with Crippen LogP contribution in [0.15, 0.2) is 30.3 Å². The lowest BCUT2D eigenvalue weighted by atomic mass is 9.92. The van der Waals surface area contributed by atoms with Gasteiger partial charge < -0.3 is 10.0 Å². The molecule has 0 spiro atoms. The van der Waals surface area contributed by atoms with E-state index in [2.05, 4.69) is 13.8 Å². The Labute approximate surface area is 125 Å². The number of nitrogens with zero attached hydrogens (tertiary/aromatic N) is 1. The minimum absolute atomic E-state index is 0.0397. The quantitative estimate of drug-likeness (QED) is 0.931. The molecule has 0 radical (unpaired) electrons. The van der Waals surface area contributed by atoms with E-state index in [1.54, 1.807) is 6.92 Å². The van der Waals surface area contributed by atoms with E-state index in [9.17, 15) is 9.90 Å². The summed E-state index contributed by atoms with van der Waals surface area (Å²) in [6.07, 6.45) is 0.140. The first-order valence-electron chi connectivity index (χ1n) is 7.09. The first kappa shape index (κ1) is 15.4. The van der Waals surface area contributed by atoms with Gasteiger partial charge in [-0.1, -0.05) is 44.2 Å². The molecule has 4 heteroatoms. The van der Waals surface area contributed by atoms with Gasteiger partial charge in [-0.2, -0.15) is 11.8 Å². The molecule has 2 rings (SSSR count). The van der Waals surface area contributed by atoms with Crippen molar-refractivity contribution in [3.63, 3.8) is 0 Å². The minimum atomic E-state index is -1.10. The van der Waals surface area contributed by atoms with Crippen LogP contribution >= 0.6 is 11.8 Å². The molecule has 1 heterocycles. The molecule has 3 nitrogen and oxygen atoms in total. The standard InChI is InChI=1S/C16H23NO2S/c1-12-10-17(11-13(2)20-12)15(18)9-16(3,19)14-7-5-4-6-8-14/h4-8,12-13,19H,9-11H2,1-3H3/t12-,13-,16-/m1/s1. The summed E-state index contributed by atoms with van der Waals surface area (Å²) in [4.78, 5) is 14.3. The molecule has 1 aliphatic heterocycles. The number of aliphatic hydroxyl groups is 1. The zero-order valence-corrected chi connectivity index (χ0v) is 13.2. The molecular weight excluding hydrogens is 270 g/mol. The molecule has 1 amide bonds. The van der Waals surface area contributed by atoms with Crippen molar-refractivity contribution in [2.24, 2.45) is 0 Å². The molecule has 1 N–H and O–H groups in total. The maximum atomic E-state index is 12.4. The number of benzene rings is 1. The largest absolute Gasteiger partial charge is 0.385 e. The van der Waals surface area contributed by atoms with Crippen LogP contribution < -0.4 is 0 Å². The van der Waals surface area contributed by atoms with Gasteiger partial charge in [0.2, 0.25) is 5.91 Å². The highest BCUT2D eigenvalue weighted by Crippen LogP contribution is 2.28. The summed E-state index contributed by atoms with van der Waals surface area (Å²) in [7, 11) is 0. The fourth-order valence-corrected chi connectivity index (χ4v) is 4.01. The van der Waals surface area contributed by atoms with Gasteiger partial charge in [0.1, 0.15) is 0 Å².